The molecule has 1 atom stereocenters. The van der Waals surface area contributed by atoms with Gasteiger partial charge >= 0.3 is 0 Å². The fourth-order valence-corrected chi connectivity index (χ4v) is 3.28. The van der Waals surface area contributed by atoms with Gasteiger partial charge in [-0.25, -0.2) is 0 Å². The van der Waals surface area contributed by atoms with Gasteiger partial charge in [-0.1, -0.05) is 48.0 Å². The average molecular weight is 344 g/mol. The van der Waals surface area contributed by atoms with E-state index in [0.29, 0.717) is 11.6 Å². The number of likely N-dealkylation sites (N-methyl/N-ethyl adjacent to an activating group) is 1. The van der Waals surface area contributed by atoms with Crippen molar-refractivity contribution in [3.05, 3.63) is 65.2 Å². The summed E-state index contributed by atoms with van der Waals surface area (Å²) >= 11 is 5.97. The van der Waals surface area contributed by atoms with Crippen LogP contribution in [0.25, 0.3) is 0 Å². The van der Waals surface area contributed by atoms with Crippen LogP contribution in [0.4, 0.5) is 5.69 Å². The second kappa shape index (κ2) is 7.79. The lowest BCUT2D eigenvalue weighted by molar-refractivity contribution is -0.118. The largest absolute Gasteiger partial charge is 0.325 e. The standard InChI is InChI=1S/C19H22ClN3O/c1-22-10-11-23(18(13-22)15-6-3-2-4-7-15)14-19(24)21-17-9-5-8-16(20)12-17/h2-9,12,18H,10-11,13-14H2,1H3,(H,21,24). The first-order valence-corrected chi connectivity index (χ1v) is 8.52. The number of piperazine rings is 1. The summed E-state index contributed by atoms with van der Waals surface area (Å²) in [6.07, 6.45) is 0. The highest BCUT2D eigenvalue weighted by atomic mass is 35.5. The van der Waals surface area contributed by atoms with Gasteiger partial charge in [0.1, 0.15) is 0 Å². The Labute approximate surface area is 148 Å². The lowest BCUT2D eigenvalue weighted by Crippen LogP contribution is -2.49. The Balaban J connectivity index is 1.68. The van der Waals surface area contributed by atoms with E-state index in [1.54, 1.807) is 12.1 Å². The molecular weight excluding hydrogens is 322 g/mol. The van der Waals surface area contributed by atoms with E-state index in [1.165, 1.54) is 5.56 Å². The summed E-state index contributed by atoms with van der Waals surface area (Å²) in [5.74, 6) is -0.0113. The minimum atomic E-state index is -0.0113. The molecule has 1 heterocycles. The topological polar surface area (TPSA) is 35.6 Å². The first kappa shape index (κ1) is 17.0. The Hall–Kier alpha value is -1.88. The number of nitrogens with zero attached hydrogens (tertiary/aromatic N) is 2. The van der Waals surface area contributed by atoms with Crippen LogP contribution in [0, 0.1) is 0 Å². The van der Waals surface area contributed by atoms with E-state index in [4.69, 9.17) is 11.6 Å². The lowest BCUT2D eigenvalue weighted by Gasteiger charge is -2.39. The molecule has 1 N–H and O–H groups in total. The maximum atomic E-state index is 12.4. The predicted molar refractivity (Wildman–Crippen MR) is 98.3 cm³/mol. The third-order valence-corrected chi connectivity index (χ3v) is 4.57. The highest BCUT2D eigenvalue weighted by Crippen LogP contribution is 2.24. The van der Waals surface area contributed by atoms with E-state index < -0.39 is 0 Å². The second-order valence-corrected chi connectivity index (χ2v) is 6.65. The van der Waals surface area contributed by atoms with Crippen molar-refractivity contribution >= 4 is 23.2 Å². The van der Waals surface area contributed by atoms with Gasteiger partial charge in [-0.2, -0.15) is 0 Å². The molecule has 24 heavy (non-hydrogen) atoms. The zero-order chi connectivity index (χ0) is 16.9. The second-order valence-electron chi connectivity index (χ2n) is 6.22. The van der Waals surface area contributed by atoms with Gasteiger partial charge < -0.3 is 10.2 Å². The summed E-state index contributed by atoms with van der Waals surface area (Å²) in [4.78, 5) is 17.0. The molecule has 126 valence electrons. The SMILES string of the molecule is CN1CCN(CC(=O)Nc2cccc(Cl)c2)C(c2ccccc2)C1. The number of benzene rings is 2. The van der Waals surface area contributed by atoms with E-state index in [1.807, 2.05) is 30.3 Å². The van der Waals surface area contributed by atoms with Crippen LogP contribution >= 0.6 is 11.6 Å². The summed E-state index contributed by atoms with van der Waals surface area (Å²) in [6, 6.07) is 17.9. The number of amides is 1. The van der Waals surface area contributed by atoms with Crippen LogP contribution in [-0.4, -0.2) is 48.9 Å². The molecule has 2 aromatic carbocycles. The van der Waals surface area contributed by atoms with Gasteiger partial charge in [0.15, 0.2) is 0 Å². The van der Waals surface area contributed by atoms with Crippen molar-refractivity contribution in [2.24, 2.45) is 0 Å². The van der Waals surface area contributed by atoms with Gasteiger partial charge in [0.25, 0.3) is 0 Å². The van der Waals surface area contributed by atoms with Crippen LogP contribution < -0.4 is 5.32 Å². The predicted octanol–water partition coefficient (Wildman–Crippen LogP) is 3.27. The molecule has 2 aromatic rings. The van der Waals surface area contributed by atoms with Gasteiger partial charge in [-0.15, -0.1) is 0 Å². The van der Waals surface area contributed by atoms with Gasteiger partial charge in [-0.05, 0) is 30.8 Å². The molecule has 1 saturated heterocycles. The maximum Gasteiger partial charge on any atom is 0.238 e. The Bertz CT molecular complexity index is 692. The maximum absolute atomic E-state index is 12.4. The number of halogens is 1. The zero-order valence-electron chi connectivity index (χ0n) is 13.8. The molecule has 5 heteroatoms. The molecule has 0 radical (unpaired) electrons. The van der Waals surface area contributed by atoms with Crippen LogP contribution in [0.1, 0.15) is 11.6 Å². The quantitative estimate of drug-likeness (QED) is 0.925. The number of carbonyl (C=O) groups excluding carboxylic acids is 1. The molecule has 1 aliphatic rings. The minimum Gasteiger partial charge on any atom is -0.325 e. The van der Waals surface area contributed by atoms with Crippen molar-refractivity contribution in [3.63, 3.8) is 0 Å². The van der Waals surface area contributed by atoms with Crippen molar-refractivity contribution in [3.8, 4) is 0 Å². The number of carbonyl (C=O) groups is 1. The summed E-state index contributed by atoms with van der Waals surface area (Å²) in [7, 11) is 2.12. The highest BCUT2D eigenvalue weighted by molar-refractivity contribution is 6.30. The third-order valence-electron chi connectivity index (χ3n) is 4.33. The fourth-order valence-electron chi connectivity index (χ4n) is 3.09. The Morgan fingerprint density at radius 3 is 2.71 bits per heavy atom. The third kappa shape index (κ3) is 4.35. The fraction of sp³-hybridized carbons (Fsp3) is 0.316. The van der Waals surface area contributed by atoms with Gasteiger partial charge in [0, 0.05) is 36.4 Å². The minimum absolute atomic E-state index is 0.0113. The van der Waals surface area contributed by atoms with Crippen LogP contribution in [0.15, 0.2) is 54.6 Å². The van der Waals surface area contributed by atoms with E-state index in [2.05, 4.69) is 34.3 Å². The molecule has 4 nitrogen and oxygen atoms in total. The van der Waals surface area contributed by atoms with Gasteiger partial charge in [0.05, 0.1) is 6.54 Å². The van der Waals surface area contributed by atoms with Crippen molar-refractivity contribution < 1.29 is 4.79 Å². The summed E-state index contributed by atoms with van der Waals surface area (Å²) in [5.41, 5.74) is 1.98. The van der Waals surface area contributed by atoms with Crippen LogP contribution in [0.5, 0.6) is 0 Å². The molecular formula is C19H22ClN3O. The van der Waals surface area contributed by atoms with E-state index in [0.717, 1.165) is 25.3 Å². The van der Waals surface area contributed by atoms with Crippen LogP contribution in [-0.2, 0) is 4.79 Å². The van der Waals surface area contributed by atoms with Crippen molar-refractivity contribution in [2.45, 2.75) is 6.04 Å². The number of hydrogen-bond donors (Lipinski definition) is 1. The van der Waals surface area contributed by atoms with Gasteiger partial charge in [0.2, 0.25) is 5.91 Å². The Kier molecular flexibility index (Phi) is 5.51. The first-order chi connectivity index (χ1) is 11.6. The van der Waals surface area contributed by atoms with Crippen molar-refractivity contribution in [1.29, 1.82) is 0 Å². The van der Waals surface area contributed by atoms with E-state index in [9.17, 15) is 4.79 Å². The molecule has 0 saturated carbocycles. The first-order valence-electron chi connectivity index (χ1n) is 8.15. The van der Waals surface area contributed by atoms with Crippen molar-refractivity contribution in [1.82, 2.24) is 9.80 Å². The molecule has 3 rings (SSSR count). The highest BCUT2D eigenvalue weighted by Gasteiger charge is 2.27. The molecule has 0 spiro atoms. The van der Waals surface area contributed by atoms with Crippen molar-refractivity contribution in [2.75, 3.05) is 38.5 Å². The molecule has 1 fully saturated rings. The molecule has 0 bridgehead atoms. The molecule has 0 aromatic heterocycles. The number of anilines is 1. The molecule has 1 aliphatic heterocycles. The smallest absolute Gasteiger partial charge is 0.238 e. The van der Waals surface area contributed by atoms with Crippen LogP contribution in [0.2, 0.25) is 5.02 Å². The number of rotatable bonds is 4. The molecule has 0 aliphatic carbocycles. The average Bonchev–Trinajstić information content (AvgIpc) is 2.57. The Morgan fingerprint density at radius 1 is 1.17 bits per heavy atom. The van der Waals surface area contributed by atoms with E-state index >= 15 is 0 Å². The summed E-state index contributed by atoms with van der Waals surface area (Å²) in [5, 5.41) is 3.55. The molecule has 1 unspecified atom stereocenters. The monoisotopic (exact) mass is 343 g/mol. The summed E-state index contributed by atoms with van der Waals surface area (Å²) in [6.45, 7) is 3.14. The lowest BCUT2D eigenvalue weighted by atomic mass is 10.0. The Morgan fingerprint density at radius 2 is 1.96 bits per heavy atom. The normalized spacial score (nSPS) is 19.2. The molecule has 1 amide bonds. The zero-order valence-corrected chi connectivity index (χ0v) is 14.5. The van der Waals surface area contributed by atoms with E-state index in [-0.39, 0.29) is 11.9 Å². The summed E-state index contributed by atoms with van der Waals surface area (Å²) < 4.78 is 0. The van der Waals surface area contributed by atoms with Gasteiger partial charge in [-0.3, -0.25) is 9.69 Å². The number of hydrogen-bond acceptors (Lipinski definition) is 3. The number of nitrogens with one attached hydrogen (secondary N) is 1. The van der Waals surface area contributed by atoms with Crippen LogP contribution in [0.3, 0.4) is 0 Å².